The van der Waals surface area contributed by atoms with E-state index in [1.165, 1.54) is 0 Å². The first kappa shape index (κ1) is 16.3. The number of benzene rings is 1. The van der Waals surface area contributed by atoms with Crippen LogP contribution in [-0.2, 0) is 0 Å². The second-order valence-electron chi connectivity index (χ2n) is 6.33. The molecule has 3 unspecified atom stereocenters. The van der Waals surface area contributed by atoms with E-state index in [9.17, 15) is 10.2 Å². The van der Waals surface area contributed by atoms with Gasteiger partial charge in [-0.05, 0) is 49.9 Å². The number of aliphatic hydroxyl groups excluding tert-OH is 2. The van der Waals surface area contributed by atoms with Gasteiger partial charge in [0.1, 0.15) is 18.5 Å². The van der Waals surface area contributed by atoms with Crippen LogP contribution in [0.15, 0.2) is 18.2 Å². The van der Waals surface area contributed by atoms with Crippen LogP contribution < -0.4 is 4.74 Å². The lowest BCUT2D eigenvalue weighted by Crippen LogP contribution is -2.46. The largest absolute Gasteiger partial charge is 0.491 e. The molecule has 1 saturated heterocycles. The lowest BCUT2D eigenvalue weighted by atomic mass is 9.96. The number of piperidine rings is 1. The van der Waals surface area contributed by atoms with E-state index < -0.39 is 6.10 Å². The van der Waals surface area contributed by atoms with Gasteiger partial charge in [0.2, 0.25) is 0 Å². The van der Waals surface area contributed by atoms with Gasteiger partial charge < -0.3 is 14.9 Å². The number of ether oxygens (including phenoxy) is 1. The first-order valence-electron chi connectivity index (χ1n) is 7.74. The van der Waals surface area contributed by atoms with Gasteiger partial charge in [-0.1, -0.05) is 19.1 Å². The Labute approximate surface area is 127 Å². The van der Waals surface area contributed by atoms with E-state index in [4.69, 9.17) is 4.74 Å². The summed E-state index contributed by atoms with van der Waals surface area (Å²) in [6.07, 6.45) is 0.155. The van der Waals surface area contributed by atoms with Gasteiger partial charge in [-0.3, -0.25) is 4.90 Å². The number of hydrogen-bond acceptors (Lipinski definition) is 4. The molecule has 1 heterocycles. The van der Waals surface area contributed by atoms with Crippen LogP contribution >= 0.6 is 0 Å². The molecule has 118 valence electrons. The number of likely N-dealkylation sites (tertiary alicyclic amines) is 1. The van der Waals surface area contributed by atoms with Gasteiger partial charge in [0.25, 0.3) is 0 Å². The number of aliphatic hydroxyl groups is 2. The molecule has 1 aliphatic heterocycles. The summed E-state index contributed by atoms with van der Waals surface area (Å²) >= 11 is 0. The molecule has 0 saturated carbocycles. The van der Waals surface area contributed by atoms with Gasteiger partial charge in [0.05, 0.1) is 6.10 Å². The topological polar surface area (TPSA) is 52.9 Å². The molecule has 1 fully saturated rings. The van der Waals surface area contributed by atoms with E-state index in [1.54, 1.807) is 0 Å². The Kier molecular flexibility index (Phi) is 5.62. The molecule has 0 bridgehead atoms. The predicted molar refractivity (Wildman–Crippen MR) is 83.6 cm³/mol. The summed E-state index contributed by atoms with van der Waals surface area (Å²) in [6, 6.07) is 6.07. The molecule has 1 aromatic rings. The summed E-state index contributed by atoms with van der Waals surface area (Å²) in [5.74, 6) is 1.19. The number of aryl methyl sites for hydroxylation is 2. The van der Waals surface area contributed by atoms with Crippen LogP contribution in [0.1, 0.15) is 24.5 Å². The summed E-state index contributed by atoms with van der Waals surface area (Å²) in [6.45, 7) is 8.51. The van der Waals surface area contributed by atoms with Gasteiger partial charge >= 0.3 is 0 Å². The van der Waals surface area contributed by atoms with E-state index in [0.717, 1.165) is 29.8 Å². The van der Waals surface area contributed by atoms with Gasteiger partial charge in [0, 0.05) is 13.1 Å². The van der Waals surface area contributed by atoms with E-state index in [2.05, 4.69) is 17.9 Å². The van der Waals surface area contributed by atoms with Crippen LogP contribution in [0.5, 0.6) is 5.75 Å². The molecule has 2 rings (SSSR count). The van der Waals surface area contributed by atoms with Gasteiger partial charge in [-0.15, -0.1) is 0 Å². The van der Waals surface area contributed by atoms with Crippen molar-refractivity contribution in [1.82, 2.24) is 4.90 Å². The van der Waals surface area contributed by atoms with Gasteiger partial charge in [0.15, 0.2) is 0 Å². The fourth-order valence-electron chi connectivity index (χ4n) is 2.68. The van der Waals surface area contributed by atoms with Crippen LogP contribution in [0.4, 0.5) is 0 Å². The number of rotatable bonds is 5. The highest BCUT2D eigenvalue weighted by Crippen LogP contribution is 2.20. The molecular weight excluding hydrogens is 266 g/mol. The highest BCUT2D eigenvalue weighted by molar-refractivity contribution is 5.35. The monoisotopic (exact) mass is 293 g/mol. The molecule has 2 N–H and O–H groups in total. The van der Waals surface area contributed by atoms with Crippen molar-refractivity contribution < 1.29 is 14.9 Å². The first-order valence-corrected chi connectivity index (χ1v) is 7.74. The molecule has 3 atom stereocenters. The normalized spacial score (nSPS) is 24.8. The Hall–Kier alpha value is -1.10. The number of nitrogens with zero attached hydrogens (tertiary/aromatic N) is 1. The fraction of sp³-hybridized carbons (Fsp3) is 0.647. The SMILES string of the molecule is Cc1ccc(C)c(OCC(O)CN2CCC(C)C(O)C2)c1. The minimum atomic E-state index is -0.537. The smallest absolute Gasteiger partial charge is 0.122 e. The second kappa shape index (κ2) is 7.25. The van der Waals surface area contributed by atoms with Crippen molar-refractivity contribution in [2.75, 3.05) is 26.2 Å². The van der Waals surface area contributed by atoms with Crippen LogP contribution in [0.2, 0.25) is 0 Å². The average Bonchev–Trinajstić information content (AvgIpc) is 2.44. The van der Waals surface area contributed by atoms with Crippen molar-refractivity contribution in [2.24, 2.45) is 5.92 Å². The Morgan fingerprint density at radius 1 is 1.38 bits per heavy atom. The molecule has 21 heavy (non-hydrogen) atoms. The predicted octanol–water partition coefficient (Wildman–Crippen LogP) is 1.75. The van der Waals surface area contributed by atoms with Gasteiger partial charge in [-0.25, -0.2) is 0 Å². The Balaban J connectivity index is 1.79. The molecule has 1 aromatic carbocycles. The maximum absolute atomic E-state index is 10.1. The van der Waals surface area contributed by atoms with Crippen LogP contribution in [0.25, 0.3) is 0 Å². The molecule has 0 aliphatic carbocycles. The van der Waals surface area contributed by atoms with Crippen LogP contribution in [0, 0.1) is 19.8 Å². The van der Waals surface area contributed by atoms with Crippen molar-refractivity contribution >= 4 is 0 Å². The molecule has 1 aliphatic rings. The first-order chi connectivity index (χ1) is 9.95. The maximum atomic E-state index is 10.1. The third-order valence-electron chi connectivity index (χ3n) is 4.25. The van der Waals surface area contributed by atoms with Crippen molar-refractivity contribution in [2.45, 2.75) is 39.4 Å². The zero-order valence-electron chi connectivity index (χ0n) is 13.2. The van der Waals surface area contributed by atoms with Crippen molar-refractivity contribution in [3.8, 4) is 5.75 Å². The minimum absolute atomic E-state index is 0.284. The second-order valence-corrected chi connectivity index (χ2v) is 6.33. The standard InChI is InChI=1S/C17H27NO3/c1-12-4-5-14(3)17(8-12)21-11-15(19)9-18-7-6-13(2)16(20)10-18/h4-5,8,13,15-16,19-20H,6-7,9-11H2,1-3H3. The molecule has 0 radical (unpaired) electrons. The van der Waals surface area contributed by atoms with E-state index >= 15 is 0 Å². The highest BCUT2D eigenvalue weighted by Gasteiger charge is 2.25. The quantitative estimate of drug-likeness (QED) is 0.868. The highest BCUT2D eigenvalue weighted by atomic mass is 16.5. The lowest BCUT2D eigenvalue weighted by molar-refractivity contribution is 0.0000901. The third kappa shape index (κ3) is 4.70. The summed E-state index contributed by atoms with van der Waals surface area (Å²) in [4.78, 5) is 2.11. The van der Waals surface area contributed by atoms with E-state index in [1.807, 2.05) is 26.0 Å². The van der Waals surface area contributed by atoms with Crippen molar-refractivity contribution in [3.63, 3.8) is 0 Å². The van der Waals surface area contributed by atoms with E-state index in [0.29, 0.717) is 19.0 Å². The third-order valence-corrected chi connectivity index (χ3v) is 4.25. The summed E-state index contributed by atoms with van der Waals surface area (Å²) in [5, 5.41) is 20.0. The number of hydrogen-bond donors (Lipinski definition) is 2. The van der Waals surface area contributed by atoms with Gasteiger partial charge in [-0.2, -0.15) is 0 Å². The lowest BCUT2D eigenvalue weighted by Gasteiger charge is -2.35. The Morgan fingerprint density at radius 3 is 2.86 bits per heavy atom. The summed E-state index contributed by atoms with van der Waals surface area (Å²) in [5.41, 5.74) is 2.23. The zero-order valence-corrected chi connectivity index (χ0v) is 13.2. The zero-order chi connectivity index (χ0) is 15.4. The van der Waals surface area contributed by atoms with E-state index in [-0.39, 0.29) is 12.7 Å². The van der Waals surface area contributed by atoms with Crippen molar-refractivity contribution in [3.05, 3.63) is 29.3 Å². The molecule has 0 amide bonds. The Bertz CT molecular complexity index is 463. The molecule has 0 aromatic heterocycles. The molecule has 4 heteroatoms. The van der Waals surface area contributed by atoms with Crippen LogP contribution in [-0.4, -0.2) is 53.6 Å². The van der Waals surface area contributed by atoms with Crippen molar-refractivity contribution in [1.29, 1.82) is 0 Å². The summed E-state index contributed by atoms with van der Waals surface area (Å²) < 4.78 is 5.73. The minimum Gasteiger partial charge on any atom is -0.491 e. The molecular formula is C17H27NO3. The molecule has 0 spiro atoms. The number of β-amino-alcohol motifs (C(OH)–C–C–N with tert-alkyl or cyclic N) is 2. The average molecular weight is 293 g/mol. The maximum Gasteiger partial charge on any atom is 0.122 e. The Morgan fingerprint density at radius 2 is 2.14 bits per heavy atom. The molecule has 4 nitrogen and oxygen atoms in total. The fourth-order valence-corrected chi connectivity index (χ4v) is 2.68. The summed E-state index contributed by atoms with van der Waals surface area (Å²) in [7, 11) is 0. The van der Waals surface area contributed by atoms with Crippen LogP contribution in [0.3, 0.4) is 0 Å².